The molecule has 0 unspecified atom stereocenters. The first kappa shape index (κ1) is 7.37. The highest BCUT2D eigenvalue weighted by molar-refractivity contribution is 5.82. The lowest BCUT2D eigenvalue weighted by atomic mass is 10.1. The Kier molecular flexibility index (Phi) is 1.84. The third kappa shape index (κ3) is 1.10. The number of hydrogen-bond donors (Lipinski definition) is 2. The minimum absolute atomic E-state index is 0.706. The van der Waals surface area contributed by atoms with Gasteiger partial charge in [-0.05, 0) is 30.0 Å². The van der Waals surface area contributed by atoms with Gasteiger partial charge in [0.15, 0.2) is 0 Å². The van der Waals surface area contributed by atoms with Crippen molar-refractivity contribution >= 4 is 10.9 Å². The molecule has 1 aromatic heterocycles. The standard InChI is InChI=1S/C10H12N2/c11-6-4-8-2-1-3-9-5-7-12-10(8)9/h1-3,5,7,12H,4,6,11H2. The Hall–Kier alpha value is -1.28. The van der Waals surface area contributed by atoms with Crippen LogP contribution in [0.1, 0.15) is 5.56 Å². The second kappa shape index (κ2) is 2.99. The molecule has 1 heterocycles. The molecule has 0 atom stereocenters. The molecule has 0 saturated heterocycles. The number of fused-ring (bicyclic) bond motifs is 1. The molecule has 0 amide bonds. The molecule has 2 rings (SSSR count). The molecule has 3 N–H and O–H groups in total. The summed E-state index contributed by atoms with van der Waals surface area (Å²) in [5.74, 6) is 0. The Morgan fingerprint density at radius 2 is 2.17 bits per heavy atom. The second-order valence-corrected chi connectivity index (χ2v) is 2.90. The summed E-state index contributed by atoms with van der Waals surface area (Å²) in [4.78, 5) is 3.22. The lowest BCUT2D eigenvalue weighted by Crippen LogP contribution is -2.02. The summed E-state index contributed by atoms with van der Waals surface area (Å²) in [5.41, 5.74) is 8.04. The Morgan fingerprint density at radius 1 is 1.25 bits per heavy atom. The van der Waals surface area contributed by atoms with Gasteiger partial charge in [0.25, 0.3) is 0 Å². The first-order valence-corrected chi connectivity index (χ1v) is 4.17. The number of nitrogens with two attached hydrogens (primary N) is 1. The van der Waals surface area contributed by atoms with E-state index in [0.29, 0.717) is 6.54 Å². The Balaban J connectivity index is 2.57. The van der Waals surface area contributed by atoms with Crippen molar-refractivity contribution in [2.75, 3.05) is 6.54 Å². The average molecular weight is 160 g/mol. The molecule has 0 saturated carbocycles. The number of para-hydroxylation sites is 1. The van der Waals surface area contributed by atoms with Crippen LogP contribution < -0.4 is 5.73 Å². The minimum Gasteiger partial charge on any atom is -0.361 e. The monoisotopic (exact) mass is 160 g/mol. The fraction of sp³-hybridized carbons (Fsp3) is 0.200. The van der Waals surface area contributed by atoms with E-state index < -0.39 is 0 Å². The van der Waals surface area contributed by atoms with E-state index in [0.717, 1.165) is 6.42 Å². The van der Waals surface area contributed by atoms with Crippen molar-refractivity contribution in [3.05, 3.63) is 36.0 Å². The maximum Gasteiger partial charge on any atom is 0.0486 e. The van der Waals surface area contributed by atoms with Gasteiger partial charge < -0.3 is 10.7 Å². The van der Waals surface area contributed by atoms with Crippen LogP contribution in [0.15, 0.2) is 30.5 Å². The van der Waals surface area contributed by atoms with Gasteiger partial charge in [0, 0.05) is 11.7 Å². The third-order valence-electron chi connectivity index (χ3n) is 2.09. The lowest BCUT2D eigenvalue weighted by molar-refractivity contribution is 0.974. The van der Waals surface area contributed by atoms with Crippen LogP contribution in [-0.2, 0) is 6.42 Å². The maximum absolute atomic E-state index is 5.51. The van der Waals surface area contributed by atoms with Crippen LogP contribution in [0.25, 0.3) is 10.9 Å². The number of rotatable bonds is 2. The Morgan fingerprint density at radius 3 is 3.00 bits per heavy atom. The fourth-order valence-electron chi connectivity index (χ4n) is 1.51. The van der Waals surface area contributed by atoms with E-state index in [-0.39, 0.29) is 0 Å². The molecule has 0 radical (unpaired) electrons. The number of aromatic amines is 1. The van der Waals surface area contributed by atoms with Gasteiger partial charge in [-0.2, -0.15) is 0 Å². The van der Waals surface area contributed by atoms with E-state index in [4.69, 9.17) is 5.73 Å². The SMILES string of the molecule is NCCc1cccc2cc[nH]c12. The van der Waals surface area contributed by atoms with Gasteiger partial charge in [-0.3, -0.25) is 0 Å². The van der Waals surface area contributed by atoms with Crippen molar-refractivity contribution in [1.29, 1.82) is 0 Å². The van der Waals surface area contributed by atoms with Crippen LogP contribution in [0.4, 0.5) is 0 Å². The van der Waals surface area contributed by atoms with Crippen LogP contribution in [0, 0.1) is 0 Å². The van der Waals surface area contributed by atoms with Gasteiger partial charge in [-0.1, -0.05) is 18.2 Å². The summed E-state index contributed by atoms with van der Waals surface area (Å²) in [7, 11) is 0. The number of nitrogens with one attached hydrogen (secondary N) is 1. The minimum atomic E-state index is 0.706. The second-order valence-electron chi connectivity index (χ2n) is 2.90. The molecule has 2 heteroatoms. The van der Waals surface area contributed by atoms with Crippen molar-refractivity contribution in [3.63, 3.8) is 0 Å². The van der Waals surface area contributed by atoms with E-state index in [1.54, 1.807) is 0 Å². The summed E-state index contributed by atoms with van der Waals surface area (Å²) in [6.07, 6.45) is 2.91. The molecule has 1 aromatic carbocycles. The van der Waals surface area contributed by atoms with E-state index in [2.05, 4.69) is 29.2 Å². The highest BCUT2D eigenvalue weighted by atomic mass is 14.7. The zero-order chi connectivity index (χ0) is 8.39. The lowest BCUT2D eigenvalue weighted by Gasteiger charge is -1.99. The maximum atomic E-state index is 5.51. The predicted molar refractivity (Wildman–Crippen MR) is 51.1 cm³/mol. The molecule has 0 aliphatic carbocycles. The van der Waals surface area contributed by atoms with E-state index >= 15 is 0 Å². The van der Waals surface area contributed by atoms with Gasteiger partial charge in [-0.15, -0.1) is 0 Å². The average Bonchev–Trinajstić information content (AvgIpc) is 2.53. The first-order chi connectivity index (χ1) is 5.92. The molecule has 0 fully saturated rings. The Bertz CT molecular complexity index is 376. The zero-order valence-corrected chi connectivity index (χ0v) is 6.88. The van der Waals surface area contributed by atoms with Gasteiger partial charge in [0.2, 0.25) is 0 Å². The van der Waals surface area contributed by atoms with E-state index in [1.165, 1.54) is 16.5 Å². The summed E-state index contributed by atoms with van der Waals surface area (Å²) < 4.78 is 0. The summed E-state index contributed by atoms with van der Waals surface area (Å²) in [5, 5.41) is 1.26. The number of hydrogen-bond acceptors (Lipinski definition) is 1. The molecule has 0 bridgehead atoms. The highest BCUT2D eigenvalue weighted by Gasteiger charge is 1.98. The molecule has 0 aliphatic rings. The number of aromatic nitrogens is 1. The van der Waals surface area contributed by atoms with Gasteiger partial charge in [0.05, 0.1) is 0 Å². The highest BCUT2D eigenvalue weighted by Crippen LogP contribution is 2.16. The molecule has 62 valence electrons. The smallest absolute Gasteiger partial charge is 0.0486 e. The number of benzene rings is 1. The van der Waals surface area contributed by atoms with Crippen molar-refractivity contribution in [3.8, 4) is 0 Å². The number of H-pyrrole nitrogens is 1. The van der Waals surface area contributed by atoms with Gasteiger partial charge in [0.1, 0.15) is 0 Å². The summed E-state index contributed by atoms with van der Waals surface area (Å²) in [6, 6.07) is 8.37. The molecule has 0 spiro atoms. The normalized spacial score (nSPS) is 10.8. The van der Waals surface area contributed by atoms with Crippen LogP contribution >= 0.6 is 0 Å². The fourth-order valence-corrected chi connectivity index (χ4v) is 1.51. The van der Waals surface area contributed by atoms with Crippen molar-refractivity contribution in [1.82, 2.24) is 4.98 Å². The molecule has 0 aliphatic heterocycles. The summed E-state index contributed by atoms with van der Waals surface area (Å²) in [6.45, 7) is 0.706. The molecular formula is C10H12N2. The molecule has 2 aromatic rings. The van der Waals surface area contributed by atoms with Crippen LogP contribution in [0.2, 0.25) is 0 Å². The molecule has 12 heavy (non-hydrogen) atoms. The van der Waals surface area contributed by atoms with Crippen LogP contribution in [-0.4, -0.2) is 11.5 Å². The third-order valence-corrected chi connectivity index (χ3v) is 2.09. The van der Waals surface area contributed by atoms with Crippen LogP contribution in [0.3, 0.4) is 0 Å². The van der Waals surface area contributed by atoms with Gasteiger partial charge >= 0.3 is 0 Å². The summed E-state index contributed by atoms with van der Waals surface area (Å²) >= 11 is 0. The largest absolute Gasteiger partial charge is 0.361 e. The van der Waals surface area contributed by atoms with E-state index in [1.807, 2.05) is 6.20 Å². The van der Waals surface area contributed by atoms with Crippen LogP contribution in [0.5, 0.6) is 0 Å². The zero-order valence-electron chi connectivity index (χ0n) is 6.88. The topological polar surface area (TPSA) is 41.8 Å². The Labute approximate surface area is 71.4 Å². The predicted octanol–water partition coefficient (Wildman–Crippen LogP) is 1.67. The van der Waals surface area contributed by atoms with Crippen molar-refractivity contribution in [2.45, 2.75) is 6.42 Å². The quantitative estimate of drug-likeness (QED) is 0.689. The molecular weight excluding hydrogens is 148 g/mol. The van der Waals surface area contributed by atoms with Crippen molar-refractivity contribution < 1.29 is 0 Å². The first-order valence-electron chi connectivity index (χ1n) is 4.17. The molecule has 2 nitrogen and oxygen atoms in total. The van der Waals surface area contributed by atoms with Crippen molar-refractivity contribution in [2.24, 2.45) is 5.73 Å². The van der Waals surface area contributed by atoms with Gasteiger partial charge in [-0.25, -0.2) is 0 Å². The van der Waals surface area contributed by atoms with E-state index in [9.17, 15) is 0 Å².